The van der Waals surface area contributed by atoms with E-state index in [1.165, 1.54) is 15.8 Å². The fraction of sp³-hybridized carbons (Fsp3) is 0.455. The van der Waals surface area contributed by atoms with Crippen LogP contribution in [0, 0.1) is 0 Å². The zero-order valence-electron chi connectivity index (χ0n) is 17.3. The number of nitrogens with zero attached hydrogens (tertiary/aromatic N) is 2. The van der Waals surface area contributed by atoms with Gasteiger partial charge in [-0.25, -0.2) is 9.97 Å². The van der Waals surface area contributed by atoms with E-state index < -0.39 is 0 Å². The summed E-state index contributed by atoms with van der Waals surface area (Å²) in [4.78, 5) is 12.2. The lowest BCUT2D eigenvalue weighted by Crippen LogP contribution is -2.33. The molecule has 30 heavy (non-hydrogen) atoms. The molecule has 1 atom stereocenters. The Morgan fingerprint density at radius 2 is 1.93 bits per heavy atom. The summed E-state index contributed by atoms with van der Waals surface area (Å²) in [5.74, 6) is 1.68. The molecule has 0 N–H and O–H groups in total. The molecule has 2 aromatic heterocycles. The zero-order chi connectivity index (χ0) is 21.3. The number of ether oxygens (including phenoxy) is 1. The quantitative estimate of drug-likeness (QED) is 0.187. The van der Waals surface area contributed by atoms with Crippen molar-refractivity contribution in [3.05, 3.63) is 44.2 Å². The second-order valence-corrected chi connectivity index (χ2v) is 11.5. The largest absolute Gasteiger partial charge is 0.369 e. The van der Waals surface area contributed by atoms with Crippen molar-refractivity contribution < 1.29 is 4.74 Å². The van der Waals surface area contributed by atoms with Crippen molar-refractivity contribution in [3.63, 3.8) is 0 Å². The second kappa shape index (κ2) is 9.55. The molecular formula is C22H24Cl2N2OS3. The van der Waals surface area contributed by atoms with E-state index >= 15 is 0 Å². The average Bonchev–Trinajstić information content (AvgIpc) is 3.09. The van der Waals surface area contributed by atoms with Crippen molar-refractivity contribution in [1.29, 1.82) is 0 Å². The molecule has 0 amide bonds. The van der Waals surface area contributed by atoms with Gasteiger partial charge in [0.2, 0.25) is 0 Å². The molecule has 0 radical (unpaired) electrons. The molecule has 8 heteroatoms. The molecule has 0 fully saturated rings. The Hall–Kier alpha value is -0.500. The molecule has 1 aliphatic rings. The number of aromatic nitrogens is 2. The maximum absolute atomic E-state index is 6.42. The summed E-state index contributed by atoms with van der Waals surface area (Å²) >= 11 is 18.0. The smallest absolute Gasteiger partial charge is 0.190 e. The van der Waals surface area contributed by atoms with Gasteiger partial charge in [0.05, 0.1) is 12.2 Å². The molecule has 0 aliphatic carbocycles. The van der Waals surface area contributed by atoms with Gasteiger partial charge in [-0.05, 0) is 43.0 Å². The van der Waals surface area contributed by atoms with Gasteiger partial charge in [-0.3, -0.25) is 0 Å². The van der Waals surface area contributed by atoms with Gasteiger partial charge in [0, 0.05) is 38.2 Å². The minimum Gasteiger partial charge on any atom is -0.369 e. The first kappa shape index (κ1) is 22.7. The predicted molar refractivity (Wildman–Crippen MR) is 132 cm³/mol. The van der Waals surface area contributed by atoms with Gasteiger partial charge in [0.25, 0.3) is 0 Å². The van der Waals surface area contributed by atoms with Gasteiger partial charge in [-0.15, -0.1) is 23.1 Å². The molecule has 4 rings (SSSR count). The van der Waals surface area contributed by atoms with Gasteiger partial charge in [0.15, 0.2) is 5.16 Å². The van der Waals surface area contributed by atoms with Crippen molar-refractivity contribution in [2.24, 2.45) is 0 Å². The summed E-state index contributed by atoms with van der Waals surface area (Å²) in [7, 11) is 0. The highest BCUT2D eigenvalue weighted by Crippen LogP contribution is 2.44. The lowest BCUT2D eigenvalue weighted by atomic mass is 9.90. The summed E-state index contributed by atoms with van der Waals surface area (Å²) in [6.45, 7) is 7.21. The molecule has 1 unspecified atom stereocenters. The van der Waals surface area contributed by atoms with Gasteiger partial charge in [0.1, 0.15) is 9.86 Å². The minimum absolute atomic E-state index is 0.134. The number of hydrogen-bond donors (Lipinski definition) is 0. The Morgan fingerprint density at radius 3 is 2.63 bits per heavy atom. The molecule has 3 aromatic rings. The third-order valence-electron chi connectivity index (χ3n) is 5.38. The average molecular weight is 500 g/mol. The summed E-state index contributed by atoms with van der Waals surface area (Å²) < 4.78 is 6.18. The summed E-state index contributed by atoms with van der Waals surface area (Å²) in [6.07, 6.45) is 2.96. The monoisotopic (exact) mass is 498 g/mol. The normalized spacial score (nSPS) is 18.7. The fourth-order valence-corrected chi connectivity index (χ4v) is 7.20. The topological polar surface area (TPSA) is 35.0 Å². The van der Waals surface area contributed by atoms with Crippen LogP contribution in [-0.4, -0.2) is 21.3 Å². The van der Waals surface area contributed by atoms with E-state index in [9.17, 15) is 0 Å². The minimum atomic E-state index is -0.134. The van der Waals surface area contributed by atoms with Crippen LogP contribution in [0.4, 0.5) is 0 Å². The molecule has 1 aliphatic heterocycles. The SMILES string of the molecule is CCCSc1nc(SCc2c(Cl)cccc2Cl)c2c3c(sc2n1)COC(C)(CC)C3. The first-order valence-corrected chi connectivity index (χ1v) is 13.6. The van der Waals surface area contributed by atoms with Crippen molar-refractivity contribution in [2.75, 3.05) is 5.75 Å². The van der Waals surface area contributed by atoms with Crippen LogP contribution in [0.1, 0.15) is 49.6 Å². The molecule has 3 heterocycles. The zero-order valence-corrected chi connectivity index (χ0v) is 21.2. The maximum atomic E-state index is 6.42. The number of rotatable bonds is 7. The van der Waals surface area contributed by atoms with E-state index in [1.54, 1.807) is 34.9 Å². The Morgan fingerprint density at radius 1 is 1.17 bits per heavy atom. The number of thioether (sulfide) groups is 2. The summed E-state index contributed by atoms with van der Waals surface area (Å²) in [5.41, 5.74) is 2.17. The molecular weight excluding hydrogens is 475 g/mol. The fourth-order valence-electron chi connectivity index (χ4n) is 3.42. The van der Waals surface area contributed by atoms with Gasteiger partial charge >= 0.3 is 0 Å². The number of fused-ring (bicyclic) bond motifs is 3. The highest BCUT2D eigenvalue weighted by molar-refractivity contribution is 7.99. The number of hydrogen-bond acceptors (Lipinski definition) is 6. The van der Waals surface area contributed by atoms with E-state index in [-0.39, 0.29) is 5.60 Å². The van der Waals surface area contributed by atoms with Crippen LogP contribution in [0.2, 0.25) is 10.0 Å². The number of halogens is 2. The van der Waals surface area contributed by atoms with E-state index in [2.05, 4.69) is 20.8 Å². The second-order valence-electron chi connectivity index (χ2n) is 7.60. The van der Waals surface area contributed by atoms with Gasteiger partial charge < -0.3 is 4.74 Å². The van der Waals surface area contributed by atoms with Gasteiger partial charge in [-0.2, -0.15) is 0 Å². The van der Waals surface area contributed by atoms with Crippen LogP contribution >= 0.6 is 58.1 Å². The molecule has 0 saturated heterocycles. The van der Waals surface area contributed by atoms with Crippen molar-refractivity contribution in [3.8, 4) is 0 Å². The summed E-state index contributed by atoms with van der Waals surface area (Å²) in [5, 5.41) is 4.44. The molecule has 3 nitrogen and oxygen atoms in total. The lowest BCUT2D eigenvalue weighted by Gasteiger charge is -2.33. The Labute approximate surface area is 200 Å². The van der Waals surface area contributed by atoms with Crippen molar-refractivity contribution in [1.82, 2.24) is 9.97 Å². The highest BCUT2D eigenvalue weighted by atomic mass is 35.5. The first-order chi connectivity index (χ1) is 14.4. The Kier molecular flexibility index (Phi) is 7.22. The number of thiophene rings is 1. The highest BCUT2D eigenvalue weighted by Gasteiger charge is 2.33. The Balaban J connectivity index is 1.76. The molecule has 1 aromatic carbocycles. The van der Waals surface area contributed by atoms with E-state index in [4.69, 9.17) is 37.9 Å². The van der Waals surface area contributed by atoms with Crippen LogP contribution < -0.4 is 0 Å². The van der Waals surface area contributed by atoms with Crippen LogP contribution in [0.3, 0.4) is 0 Å². The van der Waals surface area contributed by atoms with Crippen LogP contribution in [0.15, 0.2) is 28.4 Å². The lowest BCUT2D eigenvalue weighted by molar-refractivity contribution is -0.0543. The summed E-state index contributed by atoms with van der Waals surface area (Å²) in [6, 6.07) is 5.65. The standard InChI is InChI=1S/C22H24Cl2N2OS3/c1-4-9-28-21-25-19(29-12-14-15(23)7-6-8-16(14)24)18-13-10-22(3,5-2)27-11-17(13)30-20(18)26-21/h6-8H,4-5,9-12H2,1-3H3. The third kappa shape index (κ3) is 4.64. The first-order valence-electron chi connectivity index (χ1n) is 10.1. The van der Waals surface area contributed by atoms with E-state index in [1.807, 2.05) is 18.2 Å². The molecule has 160 valence electrons. The van der Waals surface area contributed by atoms with E-state index in [0.717, 1.165) is 45.6 Å². The predicted octanol–water partition coefficient (Wildman–Crippen LogP) is 8.03. The van der Waals surface area contributed by atoms with E-state index in [0.29, 0.717) is 22.4 Å². The van der Waals surface area contributed by atoms with Crippen molar-refractivity contribution in [2.45, 2.75) is 68.2 Å². The van der Waals surface area contributed by atoms with Crippen LogP contribution in [-0.2, 0) is 23.5 Å². The van der Waals surface area contributed by atoms with Crippen LogP contribution in [0.5, 0.6) is 0 Å². The molecule has 0 spiro atoms. The molecule has 0 bridgehead atoms. The number of benzene rings is 1. The van der Waals surface area contributed by atoms with Gasteiger partial charge in [-0.1, -0.05) is 54.9 Å². The third-order valence-corrected chi connectivity index (χ3v) is 9.24. The van der Waals surface area contributed by atoms with Crippen molar-refractivity contribution >= 4 is 68.3 Å². The maximum Gasteiger partial charge on any atom is 0.190 e. The Bertz CT molecular complexity index is 1050. The molecule has 0 saturated carbocycles. The van der Waals surface area contributed by atoms with Crippen LogP contribution in [0.25, 0.3) is 10.2 Å².